The maximum absolute atomic E-state index is 11.9. The molecule has 39 heavy (non-hydrogen) atoms. The minimum absolute atomic E-state index is 0.0557. The van der Waals surface area contributed by atoms with Crippen LogP contribution < -0.4 is 0 Å². The summed E-state index contributed by atoms with van der Waals surface area (Å²) in [6, 6.07) is 0. The van der Waals surface area contributed by atoms with E-state index < -0.39 is 118 Å². The summed E-state index contributed by atoms with van der Waals surface area (Å²) in [6.07, 6.45) is -22.2. The van der Waals surface area contributed by atoms with Gasteiger partial charge in [-0.3, -0.25) is 4.79 Å². The van der Waals surface area contributed by atoms with Gasteiger partial charge in [0.15, 0.2) is 12.6 Å². The van der Waals surface area contributed by atoms with E-state index in [1.54, 1.807) is 6.92 Å². The molecule has 3 heterocycles. The molecule has 0 bridgehead atoms. The van der Waals surface area contributed by atoms with Crippen LogP contribution in [0.2, 0.25) is 0 Å². The molecular formula is C22H38O17. The van der Waals surface area contributed by atoms with Crippen molar-refractivity contribution in [3.8, 4) is 0 Å². The highest BCUT2D eigenvalue weighted by Gasteiger charge is 2.61. The Hall–Kier alpha value is -1.13. The summed E-state index contributed by atoms with van der Waals surface area (Å²) in [5, 5.41) is 102. The van der Waals surface area contributed by atoms with E-state index in [1.807, 2.05) is 0 Å². The second kappa shape index (κ2) is 13.7. The van der Waals surface area contributed by atoms with Crippen LogP contribution in [0.25, 0.3) is 0 Å². The highest BCUT2D eigenvalue weighted by Crippen LogP contribution is 2.39. The SMILES string of the molecule is CCCC(=O)OC[C@H]1O[C@@](CO)(O[C@H]2O[C@H](CO)[C@@H](O)[C@H](O)[C@H]2O)[C@@H](O[C@H]2O[C@H](CO)[C@@H](O)[C@H](O)[C@H]2O)[C@@H]1O. The van der Waals surface area contributed by atoms with Crippen LogP contribution in [0.5, 0.6) is 0 Å². The van der Waals surface area contributed by atoms with Gasteiger partial charge in [0.1, 0.15) is 80.4 Å². The van der Waals surface area contributed by atoms with Crippen molar-refractivity contribution in [3.05, 3.63) is 0 Å². The Labute approximate surface area is 222 Å². The molecule has 3 rings (SSSR count). The fourth-order valence-corrected chi connectivity index (χ4v) is 4.56. The fourth-order valence-electron chi connectivity index (χ4n) is 4.56. The van der Waals surface area contributed by atoms with Crippen LogP contribution in [0.1, 0.15) is 19.8 Å². The number of aliphatic hydroxyl groups is 10. The number of rotatable bonds is 11. The van der Waals surface area contributed by atoms with Crippen molar-refractivity contribution < 1.29 is 84.3 Å². The topological polar surface area (TPSA) is 275 Å². The van der Waals surface area contributed by atoms with Crippen LogP contribution >= 0.6 is 0 Å². The standard InChI is InChI=1S/C22H38O17/c1-2-3-11(26)34-6-10-14(29)19(37-20-17(32)15(30)12(27)8(4-23)35-20)22(7-25,38-10)39-21-18(33)16(31)13(28)9(5-24)36-21/h8-10,12-21,23-25,27-33H,2-7H2,1H3/t8-,9-,10-,12-,13-,14-,15+,16+,17-,18-,19+,20-,21-,22+/m1/s1. The Morgan fingerprint density at radius 3 is 1.79 bits per heavy atom. The van der Waals surface area contributed by atoms with Crippen molar-refractivity contribution in [2.24, 2.45) is 0 Å². The first-order valence-corrected chi connectivity index (χ1v) is 12.5. The van der Waals surface area contributed by atoms with Gasteiger partial charge in [-0.1, -0.05) is 6.92 Å². The Morgan fingerprint density at radius 1 is 0.744 bits per heavy atom. The van der Waals surface area contributed by atoms with Gasteiger partial charge in [-0.05, 0) is 6.42 Å². The van der Waals surface area contributed by atoms with Crippen LogP contribution in [-0.4, -0.2) is 169 Å². The third-order valence-electron chi connectivity index (χ3n) is 6.85. The van der Waals surface area contributed by atoms with Gasteiger partial charge in [-0.2, -0.15) is 0 Å². The lowest BCUT2D eigenvalue weighted by atomic mass is 9.98. The van der Waals surface area contributed by atoms with Gasteiger partial charge in [0.05, 0.1) is 13.2 Å². The minimum Gasteiger partial charge on any atom is -0.463 e. The van der Waals surface area contributed by atoms with Gasteiger partial charge in [-0.25, -0.2) is 0 Å². The molecule has 17 heteroatoms. The molecule has 3 saturated heterocycles. The van der Waals surface area contributed by atoms with Crippen molar-refractivity contribution in [2.45, 2.75) is 105 Å². The number of hydrogen-bond acceptors (Lipinski definition) is 17. The van der Waals surface area contributed by atoms with Gasteiger partial charge in [0.25, 0.3) is 0 Å². The van der Waals surface area contributed by atoms with Crippen molar-refractivity contribution in [1.82, 2.24) is 0 Å². The molecule has 3 aliphatic rings. The van der Waals surface area contributed by atoms with Crippen LogP contribution in [0.4, 0.5) is 0 Å². The maximum Gasteiger partial charge on any atom is 0.305 e. The van der Waals surface area contributed by atoms with Crippen molar-refractivity contribution >= 4 is 5.97 Å². The minimum atomic E-state index is -2.48. The molecule has 0 aliphatic carbocycles. The fraction of sp³-hybridized carbons (Fsp3) is 0.955. The van der Waals surface area contributed by atoms with Gasteiger partial charge >= 0.3 is 5.97 Å². The summed E-state index contributed by atoms with van der Waals surface area (Å²) < 4.78 is 32.7. The quantitative estimate of drug-likeness (QED) is 0.103. The lowest BCUT2D eigenvalue weighted by molar-refractivity contribution is -0.400. The summed E-state index contributed by atoms with van der Waals surface area (Å²) in [4.78, 5) is 11.9. The van der Waals surface area contributed by atoms with E-state index in [-0.39, 0.29) is 6.42 Å². The molecule has 3 aliphatic heterocycles. The Balaban J connectivity index is 1.89. The number of aliphatic hydroxyl groups excluding tert-OH is 10. The normalized spacial score (nSPS) is 46.8. The van der Waals surface area contributed by atoms with Crippen LogP contribution in [-0.2, 0) is 33.2 Å². The van der Waals surface area contributed by atoms with E-state index in [4.69, 9.17) is 28.4 Å². The molecule has 228 valence electrons. The molecule has 0 aromatic carbocycles. The highest BCUT2D eigenvalue weighted by molar-refractivity contribution is 5.69. The Kier molecular flexibility index (Phi) is 11.4. The molecule has 0 amide bonds. The van der Waals surface area contributed by atoms with Crippen molar-refractivity contribution in [2.75, 3.05) is 26.4 Å². The number of esters is 1. The lowest BCUT2D eigenvalue weighted by Gasteiger charge is -2.45. The highest BCUT2D eigenvalue weighted by atomic mass is 16.8. The van der Waals surface area contributed by atoms with E-state index in [2.05, 4.69) is 0 Å². The molecule has 0 aromatic heterocycles. The first kappa shape index (κ1) is 32.4. The monoisotopic (exact) mass is 574 g/mol. The Bertz CT molecular complexity index is 784. The van der Waals surface area contributed by atoms with Gasteiger partial charge in [-0.15, -0.1) is 0 Å². The number of ether oxygens (including phenoxy) is 6. The molecule has 10 N–H and O–H groups in total. The number of hydrogen-bond donors (Lipinski definition) is 10. The molecule has 0 saturated carbocycles. The summed E-state index contributed by atoms with van der Waals surface area (Å²) in [5.74, 6) is -3.11. The zero-order chi connectivity index (χ0) is 29.1. The first-order chi connectivity index (χ1) is 18.4. The van der Waals surface area contributed by atoms with Crippen molar-refractivity contribution in [1.29, 1.82) is 0 Å². The second-order valence-corrected chi connectivity index (χ2v) is 9.62. The molecular weight excluding hydrogens is 536 g/mol. The predicted octanol–water partition coefficient (Wildman–Crippen LogP) is -6.22. The largest absolute Gasteiger partial charge is 0.463 e. The molecule has 17 nitrogen and oxygen atoms in total. The van der Waals surface area contributed by atoms with Gasteiger partial charge < -0.3 is 79.5 Å². The molecule has 0 spiro atoms. The average Bonchev–Trinajstić information content (AvgIpc) is 3.18. The maximum atomic E-state index is 11.9. The van der Waals surface area contributed by atoms with E-state index in [0.717, 1.165) is 0 Å². The van der Waals surface area contributed by atoms with Gasteiger partial charge in [0.2, 0.25) is 5.79 Å². The zero-order valence-corrected chi connectivity index (χ0v) is 21.1. The van der Waals surface area contributed by atoms with Gasteiger partial charge in [0, 0.05) is 6.42 Å². The average molecular weight is 575 g/mol. The lowest BCUT2D eigenvalue weighted by Crippen LogP contribution is -2.64. The van der Waals surface area contributed by atoms with Crippen LogP contribution in [0, 0.1) is 0 Å². The summed E-state index contributed by atoms with van der Waals surface area (Å²) in [6.45, 7) is -1.56. The van der Waals surface area contributed by atoms with E-state index >= 15 is 0 Å². The van der Waals surface area contributed by atoms with Crippen LogP contribution in [0.3, 0.4) is 0 Å². The number of carbonyl (C=O) groups excluding carboxylic acids is 1. The first-order valence-electron chi connectivity index (χ1n) is 12.5. The van der Waals surface area contributed by atoms with E-state index in [0.29, 0.717) is 6.42 Å². The van der Waals surface area contributed by atoms with E-state index in [1.165, 1.54) is 0 Å². The summed E-state index contributed by atoms with van der Waals surface area (Å²) in [7, 11) is 0. The smallest absolute Gasteiger partial charge is 0.305 e. The molecule has 0 radical (unpaired) electrons. The molecule has 14 atom stereocenters. The molecule has 3 fully saturated rings. The van der Waals surface area contributed by atoms with Crippen molar-refractivity contribution in [3.63, 3.8) is 0 Å². The predicted molar refractivity (Wildman–Crippen MR) is 120 cm³/mol. The summed E-state index contributed by atoms with van der Waals surface area (Å²) >= 11 is 0. The third kappa shape index (κ3) is 6.69. The third-order valence-corrected chi connectivity index (χ3v) is 6.85. The van der Waals surface area contributed by atoms with E-state index in [9.17, 15) is 55.9 Å². The summed E-state index contributed by atoms with van der Waals surface area (Å²) in [5.41, 5.74) is 0. The molecule has 0 aromatic rings. The Morgan fingerprint density at radius 2 is 1.28 bits per heavy atom. The van der Waals surface area contributed by atoms with Crippen LogP contribution in [0.15, 0.2) is 0 Å². The second-order valence-electron chi connectivity index (χ2n) is 9.62. The number of carbonyl (C=O) groups is 1. The zero-order valence-electron chi connectivity index (χ0n) is 21.1. The molecule has 0 unspecified atom stereocenters.